The first-order valence-electron chi connectivity index (χ1n) is 2.90. The van der Waals surface area contributed by atoms with Gasteiger partial charge in [-0.05, 0) is 12.2 Å². The lowest BCUT2D eigenvalue weighted by Gasteiger charge is -2.26. The Bertz CT molecular complexity index is 132. The van der Waals surface area contributed by atoms with Crippen molar-refractivity contribution in [3.05, 3.63) is 12.2 Å². The first-order chi connectivity index (χ1) is 4.63. The van der Waals surface area contributed by atoms with Gasteiger partial charge in [0.1, 0.15) is 12.2 Å². The minimum absolute atomic E-state index is 0.383. The van der Waals surface area contributed by atoms with Gasteiger partial charge in [-0.2, -0.15) is 0 Å². The summed E-state index contributed by atoms with van der Waals surface area (Å²) in [6.07, 6.45) is 0.899. The summed E-state index contributed by atoms with van der Waals surface area (Å²) in [5.41, 5.74) is 0. The summed E-state index contributed by atoms with van der Waals surface area (Å²) in [6, 6.07) is 0. The molecule has 0 aromatic rings. The minimum Gasteiger partial charge on any atom is -0.389 e. The van der Waals surface area contributed by atoms with Crippen LogP contribution in [0.4, 0.5) is 0 Å². The highest BCUT2D eigenvalue weighted by Gasteiger charge is 2.31. The third kappa shape index (κ3) is 1.40. The third-order valence-corrected chi connectivity index (χ3v) is 2.23. The van der Waals surface area contributed by atoms with Gasteiger partial charge in [0, 0.05) is 0 Å². The van der Waals surface area contributed by atoms with Crippen molar-refractivity contribution in [2.24, 2.45) is 0 Å². The van der Waals surface area contributed by atoms with Crippen LogP contribution in [0.2, 0.25) is 0 Å². The molecule has 0 amide bonds. The average molecular weight is 208 g/mol. The Kier molecular flexibility index (Phi) is 2.46. The summed E-state index contributed by atoms with van der Waals surface area (Å²) in [5.74, 6) is 0. The van der Waals surface area contributed by atoms with Gasteiger partial charge in [0.15, 0.2) is 0 Å². The third-order valence-electron chi connectivity index (χ3n) is 1.43. The molecule has 57 valence electrons. The molecule has 4 heteroatoms. The zero-order valence-electron chi connectivity index (χ0n) is 5.11. The van der Waals surface area contributed by atoms with Crippen molar-refractivity contribution in [1.29, 1.82) is 0 Å². The van der Waals surface area contributed by atoms with Gasteiger partial charge in [-0.3, -0.25) is 0 Å². The van der Waals surface area contributed by atoms with Crippen molar-refractivity contribution in [3.63, 3.8) is 0 Å². The van der Waals surface area contributed by atoms with E-state index in [2.05, 4.69) is 22.0 Å². The van der Waals surface area contributed by atoms with Crippen LogP contribution in [0.25, 0.3) is 0 Å². The van der Waals surface area contributed by atoms with E-state index >= 15 is 0 Å². The second-order valence-electron chi connectivity index (χ2n) is 2.21. The highest BCUT2D eigenvalue weighted by Crippen LogP contribution is 2.18. The smallest absolute Gasteiger partial charge is 0.111 e. The van der Waals surface area contributed by atoms with E-state index < -0.39 is 18.3 Å². The molecule has 0 fully saturated rings. The number of hydrogen-bond donors (Lipinski definition) is 3. The number of aliphatic hydroxyl groups excluding tert-OH is 3. The zero-order chi connectivity index (χ0) is 7.72. The molecule has 0 aromatic heterocycles. The molecule has 0 aliphatic heterocycles. The van der Waals surface area contributed by atoms with Crippen LogP contribution in [0.3, 0.4) is 0 Å². The van der Waals surface area contributed by atoms with E-state index in [1.807, 2.05) is 0 Å². The number of aliphatic hydroxyl groups is 3. The minimum atomic E-state index is -1.11. The Balaban J connectivity index is 2.69. The molecule has 0 heterocycles. The highest BCUT2D eigenvalue weighted by molar-refractivity contribution is 9.09. The molecule has 1 aliphatic carbocycles. The fourth-order valence-corrected chi connectivity index (χ4v) is 1.23. The molecule has 0 bridgehead atoms. The molecule has 4 atom stereocenters. The molecule has 0 saturated carbocycles. The van der Waals surface area contributed by atoms with Gasteiger partial charge in [0.05, 0.1) is 10.9 Å². The molecule has 1 radical (unpaired) electrons. The largest absolute Gasteiger partial charge is 0.389 e. The summed E-state index contributed by atoms with van der Waals surface area (Å²) in [4.78, 5) is -0.383. The molecular weight excluding hydrogens is 200 g/mol. The molecule has 1 rings (SSSR count). The maximum atomic E-state index is 9.08. The lowest BCUT2D eigenvalue weighted by atomic mass is 9.99. The van der Waals surface area contributed by atoms with Crippen molar-refractivity contribution >= 4 is 15.9 Å². The number of alkyl halides is 1. The SMILES string of the molecule is OC1C=[C]C(Br)C(O)C1O. The molecule has 4 unspecified atom stereocenters. The van der Waals surface area contributed by atoms with Gasteiger partial charge in [0.25, 0.3) is 0 Å². The number of hydrogen-bond acceptors (Lipinski definition) is 3. The molecule has 10 heavy (non-hydrogen) atoms. The maximum Gasteiger partial charge on any atom is 0.111 e. The first kappa shape index (κ1) is 8.20. The van der Waals surface area contributed by atoms with E-state index in [0.29, 0.717) is 0 Å². The van der Waals surface area contributed by atoms with Crippen LogP contribution in [0.1, 0.15) is 0 Å². The monoisotopic (exact) mass is 207 g/mol. The lowest BCUT2D eigenvalue weighted by molar-refractivity contribution is -0.0434. The van der Waals surface area contributed by atoms with E-state index in [9.17, 15) is 0 Å². The summed E-state index contributed by atoms with van der Waals surface area (Å²) in [5, 5.41) is 27.0. The van der Waals surface area contributed by atoms with E-state index in [0.717, 1.165) is 0 Å². The topological polar surface area (TPSA) is 60.7 Å². The van der Waals surface area contributed by atoms with Crippen molar-refractivity contribution in [1.82, 2.24) is 0 Å². The van der Waals surface area contributed by atoms with Crippen molar-refractivity contribution in [2.75, 3.05) is 0 Å². The summed E-state index contributed by atoms with van der Waals surface area (Å²) < 4.78 is 0. The molecule has 0 aromatic carbocycles. The summed E-state index contributed by atoms with van der Waals surface area (Å²) >= 11 is 3.06. The van der Waals surface area contributed by atoms with Crippen LogP contribution in [-0.2, 0) is 0 Å². The highest BCUT2D eigenvalue weighted by atomic mass is 79.9. The van der Waals surface area contributed by atoms with Crippen LogP contribution in [-0.4, -0.2) is 38.5 Å². The molecule has 0 spiro atoms. The number of halogens is 1. The second-order valence-corrected chi connectivity index (χ2v) is 3.19. The normalized spacial score (nSPS) is 47.6. The van der Waals surface area contributed by atoms with Crippen LogP contribution in [0, 0.1) is 6.08 Å². The van der Waals surface area contributed by atoms with Crippen LogP contribution >= 0.6 is 15.9 Å². The van der Waals surface area contributed by atoms with E-state index in [-0.39, 0.29) is 4.83 Å². The van der Waals surface area contributed by atoms with Gasteiger partial charge in [-0.1, -0.05) is 15.9 Å². The van der Waals surface area contributed by atoms with Crippen LogP contribution in [0.5, 0.6) is 0 Å². The average Bonchev–Trinajstić information content (AvgIpc) is 1.93. The van der Waals surface area contributed by atoms with Gasteiger partial charge in [0.2, 0.25) is 0 Å². The number of rotatable bonds is 0. The maximum absolute atomic E-state index is 9.08. The Morgan fingerprint density at radius 2 is 1.80 bits per heavy atom. The summed E-state index contributed by atoms with van der Waals surface area (Å²) in [7, 11) is 0. The van der Waals surface area contributed by atoms with Crippen LogP contribution in [0.15, 0.2) is 6.08 Å². The fourth-order valence-electron chi connectivity index (χ4n) is 0.763. The molecule has 3 nitrogen and oxygen atoms in total. The molecule has 3 N–H and O–H groups in total. The van der Waals surface area contributed by atoms with Gasteiger partial charge < -0.3 is 15.3 Å². The van der Waals surface area contributed by atoms with Crippen molar-refractivity contribution in [3.8, 4) is 0 Å². The lowest BCUT2D eigenvalue weighted by Crippen LogP contribution is -2.44. The Labute approximate surface area is 67.1 Å². The fraction of sp³-hybridized carbons (Fsp3) is 0.667. The van der Waals surface area contributed by atoms with E-state index in [1.165, 1.54) is 6.08 Å². The van der Waals surface area contributed by atoms with E-state index in [1.54, 1.807) is 0 Å². The van der Waals surface area contributed by atoms with Gasteiger partial charge in [-0.15, -0.1) is 0 Å². The van der Waals surface area contributed by atoms with Crippen molar-refractivity contribution < 1.29 is 15.3 Å². The van der Waals surface area contributed by atoms with Crippen molar-refractivity contribution in [2.45, 2.75) is 23.1 Å². The Morgan fingerprint density at radius 3 is 2.30 bits per heavy atom. The van der Waals surface area contributed by atoms with Gasteiger partial charge in [-0.25, -0.2) is 0 Å². The quantitative estimate of drug-likeness (QED) is 0.457. The molecule has 1 aliphatic rings. The Morgan fingerprint density at radius 1 is 1.20 bits per heavy atom. The van der Waals surface area contributed by atoms with Crippen LogP contribution < -0.4 is 0 Å². The predicted octanol–water partition coefficient (Wildman–Crippen LogP) is -0.794. The standard InChI is InChI=1S/C6H8BrO3/c7-3-1-2-4(8)6(10)5(3)9/h2-6,8-10H. The van der Waals surface area contributed by atoms with Gasteiger partial charge >= 0.3 is 0 Å². The zero-order valence-corrected chi connectivity index (χ0v) is 6.69. The predicted molar refractivity (Wildman–Crippen MR) is 38.5 cm³/mol. The molecule has 0 saturated heterocycles. The second kappa shape index (κ2) is 3.00. The molecular formula is C6H8BrO3. The Hall–Kier alpha value is 0.1000. The summed E-state index contributed by atoms with van der Waals surface area (Å²) in [6.45, 7) is 0. The first-order valence-corrected chi connectivity index (χ1v) is 3.82. The van der Waals surface area contributed by atoms with E-state index in [4.69, 9.17) is 15.3 Å².